The van der Waals surface area contributed by atoms with Crippen LogP contribution < -0.4 is 11.2 Å². The quantitative estimate of drug-likeness (QED) is 0.804. The van der Waals surface area contributed by atoms with Gasteiger partial charge in [-0.3, -0.25) is 9.78 Å². The highest BCUT2D eigenvalue weighted by atomic mass is 35.5. The fourth-order valence-corrected chi connectivity index (χ4v) is 1.79. The van der Waals surface area contributed by atoms with Crippen molar-refractivity contribution in [3.8, 4) is 11.8 Å². The average molecular weight is 280 g/mol. The van der Waals surface area contributed by atoms with Crippen LogP contribution in [0.25, 0.3) is 5.69 Å². The van der Waals surface area contributed by atoms with Crippen LogP contribution >= 0.6 is 11.6 Å². The minimum atomic E-state index is -1.25. The van der Waals surface area contributed by atoms with Crippen molar-refractivity contribution in [2.24, 2.45) is 0 Å². The first-order chi connectivity index (χ1) is 8.95. The van der Waals surface area contributed by atoms with Crippen LogP contribution in [0.3, 0.4) is 0 Å². The maximum absolute atomic E-state index is 13.5. The molecule has 1 N–H and O–H groups in total. The normalized spacial score (nSPS) is 10.2. The Balaban J connectivity index is 2.88. The number of nitrogens with zero attached hydrogens (tertiary/aromatic N) is 2. The predicted octanol–water partition coefficient (Wildman–Crippen LogP) is 1.50. The van der Waals surface area contributed by atoms with Crippen molar-refractivity contribution in [3.63, 3.8) is 0 Å². The molecule has 2 aromatic rings. The highest BCUT2D eigenvalue weighted by Gasteiger charge is 2.15. The van der Waals surface area contributed by atoms with Crippen LogP contribution in [0.5, 0.6) is 0 Å². The molecule has 0 spiro atoms. The highest BCUT2D eigenvalue weighted by molar-refractivity contribution is 6.29. The van der Waals surface area contributed by atoms with Gasteiger partial charge in [0.2, 0.25) is 5.82 Å². The molecule has 0 aliphatic rings. The zero-order valence-corrected chi connectivity index (χ0v) is 10.5. The molecule has 0 radical (unpaired) electrons. The smallest absolute Gasteiger partial charge is 0.295 e. The number of aryl methyl sites for hydroxylation is 1. The number of hydrogen-bond acceptors (Lipinski definition) is 3. The summed E-state index contributed by atoms with van der Waals surface area (Å²) in [6.45, 7) is 1.63. The first kappa shape index (κ1) is 13.1. The van der Waals surface area contributed by atoms with Crippen LogP contribution in [-0.4, -0.2) is 9.55 Å². The van der Waals surface area contributed by atoms with Crippen molar-refractivity contribution >= 4 is 11.6 Å². The first-order valence-electron chi connectivity index (χ1n) is 5.17. The summed E-state index contributed by atoms with van der Waals surface area (Å²) in [5, 5.41) is 8.18. The van der Waals surface area contributed by atoms with E-state index in [0.717, 1.165) is 0 Å². The molecule has 1 aromatic heterocycles. The molecular formula is C12H7ClFN3O2. The Morgan fingerprint density at radius 1 is 1.42 bits per heavy atom. The summed E-state index contributed by atoms with van der Waals surface area (Å²) >= 11 is 5.38. The van der Waals surface area contributed by atoms with Gasteiger partial charge in [-0.2, -0.15) is 9.65 Å². The largest absolute Gasteiger partial charge is 0.334 e. The maximum atomic E-state index is 13.5. The van der Waals surface area contributed by atoms with Gasteiger partial charge in [0, 0.05) is 0 Å². The summed E-state index contributed by atoms with van der Waals surface area (Å²) in [6.07, 6.45) is 0. The van der Waals surface area contributed by atoms with E-state index in [9.17, 15) is 14.0 Å². The molecule has 0 amide bonds. The molecule has 0 aliphatic carbocycles. The summed E-state index contributed by atoms with van der Waals surface area (Å²) in [7, 11) is 0. The van der Waals surface area contributed by atoms with E-state index >= 15 is 0 Å². The van der Waals surface area contributed by atoms with Gasteiger partial charge in [0.05, 0.1) is 17.3 Å². The standard InChI is InChI=1S/C12H7ClFN3O2/c1-6-2-3-7(5-15)4-8(6)17-11(18)9(14)10(13)16-12(17)19/h2-4H,1H3,(H,16,19). The number of halogens is 2. The van der Waals surface area contributed by atoms with Crippen LogP contribution in [0, 0.1) is 24.1 Å². The lowest BCUT2D eigenvalue weighted by molar-refractivity contribution is 0.584. The van der Waals surface area contributed by atoms with Crippen molar-refractivity contribution < 1.29 is 4.39 Å². The SMILES string of the molecule is Cc1ccc(C#N)cc1-n1c(=O)[nH]c(Cl)c(F)c1=O. The molecule has 1 heterocycles. The van der Waals surface area contributed by atoms with Crippen LogP contribution in [-0.2, 0) is 0 Å². The monoisotopic (exact) mass is 279 g/mol. The van der Waals surface area contributed by atoms with Crippen molar-refractivity contribution in [2.75, 3.05) is 0 Å². The Hall–Kier alpha value is -2.39. The molecule has 19 heavy (non-hydrogen) atoms. The van der Waals surface area contributed by atoms with Crippen LogP contribution in [0.2, 0.25) is 5.15 Å². The molecule has 0 unspecified atom stereocenters. The average Bonchev–Trinajstić information content (AvgIpc) is 2.38. The second kappa shape index (κ2) is 4.71. The molecule has 96 valence electrons. The van der Waals surface area contributed by atoms with Gasteiger partial charge in [-0.25, -0.2) is 9.36 Å². The second-order valence-corrected chi connectivity index (χ2v) is 4.19. The lowest BCUT2D eigenvalue weighted by Gasteiger charge is -2.08. The van der Waals surface area contributed by atoms with Gasteiger partial charge in [-0.15, -0.1) is 0 Å². The molecule has 0 fully saturated rings. The van der Waals surface area contributed by atoms with Gasteiger partial charge >= 0.3 is 5.69 Å². The van der Waals surface area contributed by atoms with Crippen molar-refractivity contribution in [1.82, 2.24) is 9.55 Å². The third-order valence-electron chi connectivity index (χ3n) is 2.58. The second-order valence-electron chi connectivity index (χ2n) is 3.81. The van der Waals surface area contributed by atoms with E-state index < -0.39 is 22.2 Å². The molecular weight excluding hydrogens is 273 g/mol. The molecule has 0 bridgehead atoms. The number of H-pyrrole nitrogens is 1. The van der Waals surface area contributed by atoms with Crippen LogP contribution in [0.4, 0.5) is 4.39 Å². The van der Waals surface area contributed by atoms with Gasteiger partial charge < -0.3 is 0 Å². The van der Waals surface area contributed by atoms with Gasteiger partial charge in [0.25, 0.3) is 5.56 Å². The van der Waals surface area contributed by atoms with E-state index in [4.69, 9.17) is 16.9 Å². The number of benzene rings is 1. The molecule has 0 saturated carbocycles. The molecule has 5 nitrogen and oxygen atoms in total. The van der Waals surface area contributed by atoms with E-state index in [-0.39, 0.29) is 11.3 Å². The van der Waals surface area contributed by atoms with E-state index in [1.807, 2.05) is 11.1 Å². The topological polar surface area (TPSA) is 78.7 Å². The van der Waals surface area contributed by atoms with Gasteiger partial charge in [-0.05, 0) is 24.6 Å². The molecule has 2 rings (SSSR count). The molecule has 1 aromatic carbocycles. The third kappa shape index (κ3) is 2.16. The van der Waals surface area contributed by atoms with Gasteiger partial charge in [0.15, 0.2) is 5.15 Å². The number of aromatic nitrogens is 2. The Morgan fingerprint density at radius 2 is 2.11 bits per heavy atom. The summed E-state index contributed by atoms with van der Waals surface area (Å²) in [5.41, 5.74) is -1.09. The summed E-state index contributed by atoms with van der Waals surface area (Å²) in [4.78, 5) is 25.5. The maximum Gasteiger partial charge on any atom is 0.334 e. The lowest BCUT2D eigenvalue weighted by atomic mass is 10.1. The fourth-order valence-electron chi connectivity index (χ4n) is 1.63. The molecule has 0 saturated heterocycles. The minimum Gasteiger partial charge on any atom is -0.295 e. The zero-order chi connectivity index (χ0) is 14.2. The number of nitrogens with one attached hydrogen (secondary N) is 1. The van der Waals surface area contributed by atoms with E-state index in [1.54, 1.807) is 13.0 Å². The summed E-state index contributed by atoms with van der Waals surface area (Å²) in [5.74, 6) is -1.25. The zero-order valence-electron chi connectivity index (χ0n) is 9.70. The molecule has 7 heteroatoms. The minimum absolute atomic E-state index is 0.140. The third-order valence-corrected chi connectivity index (χ3v) is 2.84. The van der Waals surface area contributed by atoms with Gasteiger partial charge in [-0.1, -0.05) is 17.7 Å². The first-order valence-corrected chi connectivity index (χ1v) is 5.55. The Kier molecular flexibility index (Phi) is 3.23. The van der Waals surface area contributed by atoms with Crippen molar-refractivity contribution in [1.29, 1.82) is 5.26 Å². The fraction of sp³-hybridized carbons (Fsp3) is 0.0833. The van der Waals surface area contributed by atoms with E-state index in [2.05, 4.69) is 0 Å². The van der Waals surface area contributed by atoms with Gasteiger partial charge in [0.1, 0.15) is 0 Å². The Labute approximate surface area is 111 Å². The van der Waals surface area contributed by atoms with Crippen LogP contribution in [0.1, 0.15) is 11.1 Å². The number of rotatable bonds is 1. The Bertz CT molecular complexity index is 817. The van der Waals surface area contributed by atoms with Crippen LogP contribution in [0.15, 0.2) is 27.8 Å². The summed E-state index contributed by atoms with van der Waals surface area (Å²) in [6, 6.07) is 6.31. The number of nitriles is 1. The van der Waals surface area contributed by atoms with E-state index in [1.165, 1.54) is 12.1 Å². The number of aromatic amines is 1. The van der Waals surface area contributed by atoms with E-state index in [0.29, 0.717) is 10.1 Å². The molecule has 0 atom stereocenters. The summed E-state index contributed by atoms with van der Waals surface area (Å²) < 4.78 is 14.1. The van der Waals surface area contributed by atoms with Crippen molar-refractivity contribution in [3.05, 3.63) is 61.1 Å². The Morgan fingerprint density at radius 3 is 2.74 bits per heavy atom. The lowest BCUT2D eigenvalue weighted by Crippen LogP contribution is -2.36. The number of hydrogen-bond donors (Lipinski definition) is 1. The molecule has 0 aliphatic heterocycles. The van der Waals surface area contributed by atoms with Crippen molar-refractivity contribution in [2.45, 2.75) is 6.92 Å². The highest BCUT2D eigenvalue weighted by Crippen LogP contribution is 2.13. The predicted molar refractivity (Wildman–Crippen MR) is 67.1 cm³/mol.